The Balaban J connectivity index is 0.000000720. The molecular formula is C9H9ClO2Ti. The zero-order chi connectivity index (χ0) is 7.68. The van der Waals surface area contributed by atoms with Crippen molar-refractivity contribution in [1.29, 1.82) is 0 Å². The van der Waals surface area contributed by atoms with Crippen molar-refractivity contribution in [3.8, 4) is 5.75 Å². The van der Waals surface area contributed by atoms with Crippen molar-refractivity contribution in [2.45, 2.75) is 6.42 Å². The molecule has 0 aromatic heterocycles. The molecule has 68 valence electrons. The first-order valence-electron chi connectivity index (χ1n) is 3.61. The fourth-order valence-corrected chi connectivity index (χ4v) is 1.28. The molecule has 1 aliphatic rings. The minimum atomic E-state index is 0. The molecule has 0 unspecified atom stereocenters. The second-order valence-corrected chi connectivity index (χ2v) is 2.58. The van der Waals surface area contributed by atoms with Gasteiger partial charge in [-0.1, -0.05) is 0 Å². The van der Waals surface area contributed by atoms with Crippen molar-refractivity contribution in [2.24, 2.45) is 0 Å². The molecule has 0 aliphatic carbocycles. The van der Waals surface area contributed by atoms with E-state index in [0.29, 0.717) is 0 Å². The number of halogens is 1. The summed E-state index contributed by atoms with van der Waals surface area (Å²) in [6, 6.07) is 5.51. The van der Waals surface area contributed by atoms with E-state index in [2.05, 4.69) is 0 Å². The van der Waals surface area contributed by atoms with E-state index in [4.69, 9.17) is 4.74 Å². The average Bonchev–Trinajstić information content (AvgIpc) is 2.50. The van der Waals surface area contributed by atoms with Crippen LogP contribution in [0.15, 0.2) is 18.2 Å². The SMILES string of the molecule is Cl.O=Cc1ccc2c(c1)CCO2.[Ti]. The first-order valence-corrected chi connectivity index (χ1v) is 3.61. The van der Waals surface area contributed by atoms with Gasteiger partial charge < -0.3 is 4.74 Å². The van der Waals surface area contributed by atoms with Crippen LogP contribution in [0.25, 0.3) is 0 Å². The van der Waals surface area contributed by atoms with Crippen molar-refractivity contribution in [3.63, 3.8) is 0 Å². The normalized spacial score (nSPS) is 11.7. The Bertz CT molecular complexity index is 302. The maximum absolute atomic E-state index is 10.4. The van der Waals surface area contributed by atoms with E-state index in [0.717, 1.165) is 36.2 Å². The van der Waals surface area contributed by atoms with Crippen LogP contribution in [0.5, 0.6) is 5.75 Å². The van der Waals surface area contributed by atoms with Gasteiger partial charge in [0.25, 0.3) is 0 Å². The van der Waals surface area contributed by atoms with Crippen LogP contribution in [0.1, 0.15) is 15.9 Å². The summed E-state index contributed by atoms with van der Waals surface area (Å²) in [4.78, 5) is 10.4. The van der Waals surface area contributed by atoms with E-state index >= 15 is 0 Å². The number of aldehydes is 1. The number of carbonyl (C=O) groups excluding carboxylic acids is 1. The van der Waals surface area contributed by atoms with E-state index < -0.39 is 0 Å². The first-order chi connectivity index (χ1) is 5.40. The molecule has 0 atom stereocenters. The summed E-state index contributed by atoms with van der Waals surface area (Å²) in [5, 5.41) is 0. The van der Waals surface area contributed by atoms with Gasteiger partial charge in [0.15, 0.2) is 0 Å². The van der Waals surface area contributed by atoms with Gasteiger partial charge in [-0.05, 0) is 23.8 Å². The van der Waals surface area contributed by atoms with Gasteiger partial charge in [0.1, 0.15) is 12.0 Å². The quantitative estimate of drug-likeness (QED) is 0.546. The van der Waals surface area contributed by atoms with Crippen molar-refractivity contribution < 1.29 is 31.2 Å². The van der Waals surface area contributed by atoms with E-state index in [-0.39, 0.29) is 34.1 Å². The summed E-state index contributed by atoms with van der Waals surface area (Å²) in [6.45, 7) is 0.748. The third-order valence-corrected chi connectivity index (χ3v) is 1.85. The van der Waals surface area contributed by atoms with E-state index in [1.54, 1.807) is 6.07 Å². The Kier molecular flexibility index (Phi) is 5.30. The Hall–Kier alpha value is -0.306. The summed E-state index contributed by atoms with van der Waals surface area (Å²) in [5.41, 5.74) is 1.88. The van der Waals surface area contributed by atoms with Gasteiger partial charge in [-0.25, -0.2) is 0 Å². The number of rotatable bonds is 1. The Labute approximate surface area is 98.0 Å². The molecule has 0 bridgehead atoms. The molecule has 0 amide bonds. The molecule has 4 heteroatoms. The number of benzene rings is 1. The Morgan fingerprint density at radius 3 is 2.85 bits per heavy atom. The molecule has 2 nitrogen and oxygen atoms in total. The molecule has 0 fully saturated rings. The minimum absolute atomic E-state index is 0. The van der Waals surface area contributed by atoms with E-state index in [9.17, 15) is 4.79 Å². The van der Waals surface area contributed by atoms with Gasteiger partial charge in [0.05, 0.1) is 6.61 Å². The fraction of sp³-hybridized carbons (Fsp3) is 0.222. The number of hydrogen-bond acceptors (Lipinski definition) is 2. The molecular weight excluding hydrogens is 223 g/mol. The van der Waals surface area contributed by atoms with Crippen LogP contribution in [-0.4, -0.2) is 12.9 Å². The fourth-order valence-electron chi connectivity index (χ4n) is 1.28. The summed E-state index contributed by atoms with van der Waals surface area (Å²) in [6.07, 6.45) is 1.79. The van der Waals surface area contributed by atoms with Crippen LogP contribution >= 0.6 is 12.4 Å². The van der Waals surface area contributed by atoms with Crippen LogP contribution in [0, 0.1) is 0 Å². The Morgan fingerprint density at radius 2 is 2.15 bits per heavy atom. The van der Waals surface area contributed by atoms with Gasteiger partial charge in [-0.15, -0.1) is 12.4 Å². The predicted octanol–water partition coefficient (Wildman–Crippen LogP) is 1.85. The topological polar surface area (TPSA) is 26.3 Å². The van der Waals surface area contributed by atoms with Gasteiger partial charge in [-0.3, -0.25) is 4.79 Å². The van der Waals surface area contributed by atoms with Crippen molar-refractivity contribution in [3.05, 3.63) is 29.3 Å². The Morgan fingerprint density at radius 1 is 1.38 bits per heavy atom. The molecule has 0 N–H and O–H groups in total. The molecule has 1 heterocycles. The van der Waals surface area contributed by atoms with Gasteiger partial charge in [0, 0.05) is 33.7 Å². The average molecular weight is 232 g/mol. The smallest absolute Gasteiger partial charge is 0.150 e. The molecule has 0 saturated heterocycles. The number of carbonyl (C=O) groups is 1. The molecule has 13 heavy (non-hydrogen) atoms. The molecule has 0 spiro atoms. The molecule has 1 aromatic rings. The standard InChI is InChI=1S/C9H8O2.ClH.Ti/c10-6-7-1-2-9-8(5-7)3-4-11-9;;/h1-2,5-6H,3-4H2;1H;. The maximum Gasteiger partial charge on any atom is 0.150 e. The van der Waals surface area contributed by atoms with E-state index in [1.807, 2.05) is 12.1 Å². The summed E-state index contributed by atoms with van der Waals surface area (Å²) >= 11 is 0. The minimum Gasteiger partial charge on any atom is -0.493 e. The third-order valence-electron chi connectivity index (χ3n) is 1.85. The second-order valence-electron chi connectivity index (χ2n) is 2.58. The molecule has 2 rings (SSSR count). The first kappa shape index (κ1) is 12.7. The zero-order valence-corrected chi connectivity index (χ0v) is 9.33. The number of ether oxygens (including phenoxy) is 1. The van der Waals surface area contributed by atoms with Crippen molar-refractivity contribution in [2.75, 3.05) is 6.61 Å². The molecule has 0 radical (unpaired) electrons. The molecule has 1 aliphatic heterocycles. The van der Waals surface area contributed by atoms with Gasteiger partial charge in [-0.2, -0.15) is 0 Å². The van der Waals surface area contributed by atoms with Crippen LogP contribution < -0.4 is 4.74 Å². The van der Waals surface area contributed by atoms with Gasteiger partial charge in [0.2, 0.25) is 0 Å². The summed E-state index contributed by atoms with van der Waals surface area (Å²) in [7, 11) is 0. The summed E-state index contributed by atoms with van der Waals surface area (Å²) in [5.74, 6) is 0.926. The molecule has 0 saturated carbocycles. The van der Waals surface area contributed by atoms with Crippen molar-refractivity contribution >= 4 is 18.7 Å². The van der Waals surface area contributed by atoms with Crippen LogP contribution in [0.2, 0.25) is 0 Å². The van der Waals surface area contributed by atoms with Gasteiger partial charge >= 0.3 is 0 Å². The third kappa shape index (κ3) is 2.57. The molecule has 1 aromatic carbocycles. The second kappa shape index (κ2) is 5.43. The number of hydrogen-bond donors (Lipinski definition) is 0. The van der Waals surface area contributed by atoms with Crippen LogP contribution in [0.4, 0.5) is 0 Å². The summed E-state index contributed by atoms with van der Waals surface area (Å²) < 4.78 is 5.28. The zero-order valence-electron chi connectivity index (χ0n) is 6.95. The largest absolute Gasteiger partial charge is 0.493 e. The van der Waals surface area contributed by atoms with Crippen LogP contribution in [-0.2, 0) is 28.1 Å². The van der Waals surface area contributed by atoms with E-state index in [1.165, 1.54) is 0 Å². The monoisotopic (exact) mass is 232 g/mol. The maximum atomic E-state index is 10.4. The predicted molar refractivity (Wildman–Crippen MR) is 48.3 cm³/mol. The van der Waals surface area contributed by atoms with Crippen molar-refractivity contribution in [1.82, 2.24) is 0 Å². The van der Waals surface area contributed by atoms with Crippen LogP contribution in [0.3, 0.4) is 0 Å². The number of fused-ring (bicyclic) bond motifs is 1.